The highest BCUT2D eigenvalue weighted by atomic mass is 16.5. The highest BCUT2D eigenvalue weighted by Gasteiger charge is 2.12. The second-order valence-electron chi connectivity index (χ2n) is 3.28. The van der Waals surface area contributed by atoms with Gasteiger partial charge in [-0.1, -0.05) is 0 Å². The Morgan fingerprint density at radius 1 is 1.42 bits per heavy atom. The summed E-state index contributed by atoms with van der Waals surface area (Å²) in [5.41, 5.74) is 0. The van der Waals surface area contributed by atoms with Crippen molar-refractivity contribution in [1.29, 1.82) is 0 Å². The summed E-state index contributed by atoms with van der Waals surface area (Å²) < 4.78 is 5.70. The van der Waals surface area contributed by atoms with Crippen molar-refractivity contribution in [1.82, 2.24) is 10.6 Å². The van der Waals surface area contributed by atoms with Crippen LogP contribution in [-0.4, -0.2) is 39.4 Å². The van der Waals surface area contributed by atoms with E-state index in [-0.39, 0.29) is 0 Å². The molecule has 1 saturated heterocycles. The number of ether oxygens (including phenoxy) is 1. The van der Waals surface area contributed by atoms with Crippen LogP contribution in [0.1, 0.15) is 19.3 Å². The largest absolute Gasteiger partial charge is 0.378 e. The van der Waals surface area contributed by atoms with Crippen LogP contribution in [0.5, 0.6) is 0 Å². The van der Waals surface area contributed by atoms with Crippen molar-refractivity contribution >= 4 is 0 Å². The first-order valence-electron chi connectivity index (χ1n) is 4.90. The summed E-state index contributed by atoms with van der Waals surface area (Å²) in [6, 6.07) is 0. The molecule has 0 spiro atoms. The van der Waals surface area contributed by atoms with Crippen LogP contribution in [0, 0.1) is 0 Å². The lowest BCUT2D eigenvalue weighted by atomic mass is 10.1. The summed E-state index contributed by atoms with van der Waals surface area (Å²) in [6.45, 7) is 4.21. The van der Waals surface area contributed by atoms with Gasteiger partial charge >= 0.3 is 0 Å². The molecular weight excluding hydrogens is 152 g/mol. The molecule has 12 heavy (non-hydrogen) atoms. The number of hydrogen-bond acceptors (Lipinski definition) is 3. The summed E-state index contributed by atoms with van der Waals surface area (Å²) >= 11 is 0. The highest BCUT2D eigenvalue weighted by molar-refractivity contribution is 4.67. The second kappa shape index (κ2) is 6.40. The summed E-state index contributed by atoms with van der Waals surface area (Å²) in [7, 11) is 1.98. The van der Waals surface area contributed by atoms with Gasteiger partial charge < -0.3 is 15.4 Å². The molecule has 0 radical (unpaired) electrons. The predicted molar refractivity (Wildman–Crippen MR) is 50.4 cm³/mol. The van der Waals surface area contributed by atoms with Crippen molar-refractivity contribution in [3.8, 4) is 0 Å². The first-order chi connectivity index (χ1) is 5.93. The van der Waals surface area contributed by atoms with E-state index in [1.165, 1.54) is 12.8 Å². The average Bonchev–Trinajstić information content (AvgIpc) is 2.14. The fraction of sp³-hybridized carbons (Fsp3) is 1.00. The van der Waals surface area contributed by atoms with Crippen LogP contribution in [0.4, 0.5) is 0 Å². The van der Waals surface area contributed by atoms with Gasteiger partial charge in [-0.05, 0) is 45.9 Å². The van der Waals surface area contributed by atoms with Crippen molar-refractivity contribution in [2.24, 2.45) is 0 Å². The Hall–Kier alpha value is -0.120. The van der Waals surface area contributed by atoms with E-state index >= 15 is 0 Å². The van der Waals surface area contributed by atoms with Gasteiger partial charge in [0.1, 0.15) is 0 Å². The smallest absolute Gasteiger partial charge is 0.0599 e. The van der Waals surface area contributed by atoms with Gasteiger partial charge in [0, 0.05) is 6.61 Å². The zero-order chi connectivity index (χ0) is 8.65. The molecule has 0 aromatic carbocycles. The molecule has 0 unspecified atom stereocenters. The maximum Gasteiger partial charge on any atom is 0.0599 e. The molecule has 0 aliphatic carbocycles. The van der Waals surface area contributed by atoms with E-state index in [4.69, 9.17) is 4.74 Å². The number of piperidine rings is 1. The predicted octanol–water partition coefficient (Wildman–Crippen LogP) is 0.364. The Kier molecular flexibility index (Phi) is 5.32. The lowest BCUT2D eigenvalue weighted by Gasteiger charge is -2.22. The molecule has 0 amide bonds. The molecule has 1 heterocycles. The highest BCUT2D eigenvalue weighted by Crippen LogP contribution is 2.06. The van der Waals surface area contributed by atoms with E-state index in [1.807, 2.05) is 7.05 Å². The Morgan fingerprint density at radius 2 is 2.17 bits per heavy atom. The maximum absolute atomic E-state index is 5.70. The number of nitrogens with one attached hydrogen (secondary N) is 2. The van der Waals surface area contributed by atoms with Gasteiger partial charge in [-0.3, -0.25) is 0 Å². The molecule has 0 atom stereocenters. The first kappa shape index (κ1) is 9.96. The van der Waals surface area contributed by atoms with E-state index in [2.05, 4.69) is 10.6 Å². The standard InChI is InChI=1S/C9H20N2O/c1-10-5-2-8-12-9-3-6-11-7-4-9/h9-11H,2-8H2,1H3. The van der Waals surface area contributed by atoms with Crippen LogP contribution < -0.4 is 10.6 Å². The van der Waals surface area contributed by atoms with Crippen LogP contribution in [0.2, 0.25) is 0 Å². The van der Waals surface area contributed by atoms with Gasteiger partial charge in [-0.15, -0.1) is 0 Å². The van der Waals surface area contributed by atoms with Crippen LogP contribution in [0.15, 0.2) is 0 Å². The summed E-state index contributed by atoms with van der Waals surface area (Å²) in [6.07, 6.45) is 4.00. The molecule has 1 rings (SSSR count). The number of rotatable bonds is 5. The van der Waals surface area contributed by atoms with Crippen LogP contribution in [0.25, 0.3) is 0 Å². The fourth-order valence-corrected chi connectivity index (χ4v) is 1.46. The van der Waals surface area contributed by atoms with Gasteiger partial charge in [-0.25, -0.2) is 0 Å². The Balaban J connectivity index is 1.91. The first-order valence-corrected chi connectivity index (χ1v) is 4.90. The quantitative estimate of drug-likeness (QED) is 0.588. The molecule has 1 aliphatic rings. The lowest BCUT2D eigenvalue weighted by Crippen LogP contribution is -2.32. The summed E-state index contributed by atoms with van der Waals surface area (Å²) in [4.78, 5) is 0. The molecule has 0 aromatic rings. The van der Waals surface area contributed by atoms with Crippen molar-refractivity contribution in [3.63, 3.8) is 0 Å². The minimum atomic E-state index is 0.517. The SMILES string of the molecule is CNCCCOC1CCNCC1. The monoisotopic (exact) mass is 172 g/mol. The maximum atomic E-state index is 5.70. The molecule has 0 aromatic heterocycles. The minimum absolute atomic E-state index is 0.517. The Labute approximate surface area is 74.9 Å². The molecule has 3 heteroatoms. The third-order valence-corrected chi connectivity index (χ3v) is 2.21. The van der Waals surface area contributed by atoms with Gasteiger partial charge in [0.05, 0.1) is 6.10 Å². The molecule has 2 N–H and O–H groups in total. The van der Waals surface area contributed by atoms with Crippen molar-refractivity contribution in [3.05, 3.63) is 0 Å². The summed E-state index contributed by atoms with van der Waals surface area (Å²) in [5.74, 6) is 0. The van der Waals surface area contributed by atoms with E-state index in [1.54, 1.807) is 0 Å². The van der Waals surface area contributed by atoms with Gasteiger partial charge in [0.15, 0.2) is 0 Å². The third-order valence-electron chi connectivity index (χ3n) is 2.21. The zero-order valence-corrected chi connectivity index (χ0v) is 7.94. The lowest BCUT2D eigenvalue weighted by molar-refractivity contribution is 0.0319. The molecule has 72 valence electrons. The van der Waals surface area contributed by atoms with E-state index in [0.29, 0.717) is 6.10 Å². The van der Waals surface area contributed by atoms with E-state index in [9.17, 15) is 0 Å². The fourth-order valence-electron chi connectivity index (χ4n) is 1.46. The topological polar surface area (TPSA) is 33.3 Å². The molecule has 1 fully saturated rings. The average molecular weight is 172 g/mol. The van der Waals surface area contributed by atoms with Crippen molar-refractivity contribution in [2.45, 2.75) is 25.4 Å². The Morgan fingerprint density at radius 3 is 2.83 bits per heavy atom. The van der Waals surface area contributed by atoms with Crippen molar-refractivity contribution in [2.75, 3.05) is 33.3 Å². The van der Waals surface area contributed by atoms with Gasteiger partial charge in [0.2, 0.25) is 0 Å². The Bertz CT molecular complexity index is 103. The molecule has 1 aliphatic heterocycles. The molecule has 0 saturated carbocycles. The normalized spacial score (nSPS) is 19.8. The van der Waals surface area contributed by atoms with Crippen LogP contribution >= 0.6 is 0 Å². The third kappa shape index (κ3) is 4.04. The minimum Gasteiger partial charge on any atom is -0.378 e. The summed E-state index contributed by atoms with van der Waals surface area (Å²) in [5, 5.41) is 6.44. The van der Waals surface area contributed by atoms with Gasteiger partial charge in [0.25, 0.3) is 0 Å². The molecular formula is C9H20N2O. The molecule has 3 nitrogen and oxygen atoms in total. The van der Waals surface area contributed by atoms with Crippen LogP contribution in [0.3, 0.4) is 0 Å². The van der Waals surface area contributed by atoms with E-state index < -0.39 is 0 Å². The van der Waals surface area contributed by atoms with E-state index in [0.717, 1.165) is 32.7 Å². The molecule has 0 bridgehead atoms. The van der Waals surface area contributed by atoms with Gasteiger partial charge in [-0.2, -0.15) is 0 Å². The second-order valence-corrected chi connectivity index (χ2v) is 3.28. The number of hydrogen-bond donors (Lipinski definition) is 2. The van der Waals surface area contributed by atoms with Crippen LogP contribution in [-0.2, 0) is 4.74 Å². The van der Waals surface area contributed by atoms with Crippen molar-refractivity contribution < 1.29 is 4.74 Å². The zero-order valence-electron chi connectivity index (χ0n) is 7.94.